The summed E-state index contributed by atoms with van der Waals surface area (Å²) in [6.07, 6.45) is 1.09. The Kier molecular flexibility index (Phi) is 4.70. The van der Waals surface area contributed by atoms with Crippen molar-refractivity contribution in [2.24, 2.45) is 0 Å². The number of hydrogen-bond donors (Lipinski definition) is 0. The molecule has 1 rings (SSSR count). The summed E-state index contributed by atoms with van der Waals surface area (Å²) in [6.45, 7) is 1.81. The quantitative estimate of drug-likeness (QED) is 0.790. The van der Waals surface area contributed by atoms with Gasteiger partial charge in [0.25, 0.3) is 0 Å². The summed E-state index contributed by atoms with van der Waals surface area (Å²) in [5, 5.41) is 0.341. The van der Waals surface area contributed by atoms with Gasteiger partial charge in [0, 0.05) is 6.42 Å². The summed E-state index contributed by atoms with van der Waals surface area (Å²) < 4.78 is 6.20. The number of ether oxygens (including phenoxy) is 1. The zero-order valence-corrected chi connectivity index (χ0v) is 10.2. The first-order chi connectivity index (χ1) is 7.06. The first-order valence-corrected chi connectivity index (χ1v) is 5.42. The van der Waals surface area contributed by atoms with Crippen molar-refractivity contribution in [1.82, 2.24) is 9.55 Å². The Morgan fingerprint density at radius 1 is 1.47 bits per heavy atom. The van der Waals surface area contributed by atoms with Gasteiger partial charge in [0.05, 0.1) is 0 Å². The minimum atomic E-state index is -0.311. The number of carbonyl (C=O) groups excluding carboxylic acids is 1. The van der Waals surface area contributed by atoms with Crippen LogP contribution in [0.4, 0.5) is 0 Å². The molecule has 0 aliphatic heterocycles. The molecule has 0 saturated carbocycles. The van der Waals surface area contributed by atoms with Gasteiger partial charge in [-0.1, -0.05) is 30.1 Å². The lowest BCUT2D eigenvalue weighted by molar-refractivity contribution is -0.147. The van der Waals surface area contributed by atoms with Crippen molar-refractivity contribution in [2.45, 2.75) is 26.5 Å². The molecule has 15 heavy (non-hydrogen) atoms. The molecule has 1 heterocycles. The molecule has 0 N–H and O–H groups in total. The van der Waals surface area contributed by atoms with E-state index in [1.165, 1.54) is 4.57 Å². The molecule has 0 saturated heterocycles. The molecule has 0 aliphatic carbocycles. The summed E-state index contributed by atoms with van der Waals surface area (Å²) in [7, 11) is 0. The van der Waals surface area contributed by atoms with Crippen molar-refractivity contribution < 1.29 is 9.53 Å². The van der Waals surface area contributed by atoms with E-state index in [1.807, 2.05) is 6.92 Å². The highest BCUT2D eigenvalue weighted by molar-refractivity contribution is 6.41. The zero-order valence-electron chi connectivity index (χ0n) is 7.97. The molecule has 84 valence electrons. The van der Waals surface area contributed by atoms with Crippen molar-refractivity contribution in [3.05, 3.63) is 15.6 Å². The zero-order chi connectivity index (χ0) is 11.4. The minimum Gasteiger partial charge on any atom is -0.444 e. The van der Waals surface area contributed by atoms with Crippen LogP contribution in [0.5, 0.6) is 0 Å². The van der Waals surface area contributed by atoms with Gasteiger partial charge in [-0.3, -0.25) is 9.36 Å². The van der Waals surface area contributed by atoms with Gasteiger partial charge >= 0.3 is 5.97 Å². The summed E-state index contributed by atoms with van der Waals surface area (Å²) >= 11 is 17.1. The van der Waals surface area contributed by atoms with Crippen molar-refractivity contribution in [3.8, 4) is 0 Å². The van der Waals surface area contributed by atoms with Crippen LogP contribution >= 0.6 is 34.8 Å². The second-order valence-electron chi connectivity index (χ2n) is 2.79. The van der Waals surface area contributed by atoms with Crippen LogP contribution in [-0.2, 0) is 16.3 Å². The van der Waals surface area contributed by atoms with Crippen LogP contribution in [0.3, 0.4) is 0 Å². The predicted octanol–water partition coefficient (Wildman–Crippen LogP) is 3.14. The molecule has 0 aromatic carbocycles. The third-order valence-electron chi connectivity index (χ3n) is 1.63. The molecular weight excluding hydrogens is 262 g/mol. The van der Waals surface area contributed by atoms with Crippen LogP contribution in [0.2, 0.25) is 15.6 Å². The average Bonchev–Trinajstić information content (AvgIpc) is 2.40. The van der Waals surface area contributed by atoms with Crippen LogP contribution in [0, 0.1) is 0 Å². The van der Waals surface area contributed by atoms with Crippen LogP contribution in [0.15, 0.2) is 0 Å². The lowest BCUT2D eigenvalue weighted by atomic mass is 10.3. The molecule has 0 amide bonds. The van der Waals surface area contributed by atoms with Crippen molar-refractivity contribution in [3.63, 3.8) is 0 Å². The lowest BCUT2D eigenvalue weighted by Crippen LogP contribution is -2.09. The largest absolute Gasteiger partial charge is 0.444 e. The van der Waals surface area contributed by atoms with Crippen molar-refractivity contribution >= 4 is 40.8 Å². The van der Waals surface area contributed by atoms with E-state index in [0.717, 1.165) is 6.42 Å². The molecule has 4 nitrogen and oxygen atoms in total. The molecule has 0 spiro atoms. The van der Waals surface area contributed by atoms with Gasteiger partial charge < -0.3 is 4.74 Å². The van der Waals surface area contributed by atoms with Gasteiger partial charge in [-0.05, 0) is 18.0 Å². The van der Waals surface area contributed by atoms with E-state index in [4.69, 9.17) is 39.5 Å². The van der Waals surface area contributed by atoms with Crippen LogP contribution < -0.4 is 0 Å². The number of esters is 1. The minimum absolute atomic E-state index is 0.0732. The fourth-order valence-corrected chi connectivity index (χ4v) is 1.56. The van der Waals surface area contributed by atoms with Gasteiger partial charge in [-0.2, -0.15) is 0 Å². The number of hydrogen-bond acceptors (Lipinski definition) is 3. The number of rotatable bonds is 4. The van der Waals surface area contributed by atoms with Crippen molar-refractivity contribution in [2.75, 3.05) is 0 Å². The van der Waals surface area contributed by atoms with E-state index < -0.39 is 0 Å². The standard InChI is InChI=1S/C8H9Cl3N2O2/c1-2-3-5(14)15-4-13-7(10)6(9)12-8(13)11/h2-4H2,1H3. The first kappa shape index (κ1) is 12.6. The number of halogens is 3. The third-order valence-corrected chi connectivity index (χ3v) is 2.66. The van der Waals surface area contributed by atoms with Gasteiger partial charge in [0.15, 0.2) is 17.0 Å². The van der Waals surface area contributed by atoms with Gasteiger partial charge in [-0.15, -0.1) is 0 Å². The highest BCUT2D eigenvalue weighted by atomic mass is 35.5. The predicted molar refractivity (Wildman–Crippen MR) is 58.3 cm³/mol. The Labute approximate surface area is 102 Å². The van der Waals surface area contributed by atoms with Crippen molar-refractivity contribution in [1.29, 1.82) is 0 Å². The maximum atomic E-state index is 11.1. The van der Waals surface area contributed by atoms with E-state index >= 15 is 0 Å². The Balaban J connectivity index is 2.61. The van der Waals surface area contributed by atoms with Crippen LogP contribution in [0.1, 0.15) is 19.8 Å². The molecule has 0 atom stereocenters. The summed E-state index contributed by atoms with van der Waals surface area (Å²) in [4.78, 5) is 14.8. The normalized spacial score (nSPS) is 10.4. The fraction of sp³-hybridized carbons (Fsp3) is 0.500. The lowest BCUT2D eigenvalue weighted by Gasteiger charge is -2.06. The summed E-state index contributed by atoms with van der Waals surface area (Å²) in [5.41, 5.74) is 0. The summed E-state index contributed by atoms with van der Waals surface area (Å²) in [6, 6.07) is 0. The molecule has 7 heteroatoms. The fourth-order valence-electron chi connectivity index (χ4n) is 0.903. The second-order valence-corrected chi connectivity index (χ2v) is 3.84. The third kappa shape index (κ3) is 3.26. The van der Waals surface area contributed by atoms with Gasteiger partial charge in [0.2, 0.25) is 5.28 Å². The van der Waals surface area contributed by atoms with E-state index in [9.17, 15) is 4.79 Å². The molecule has 0 unspecified atom stereocenters. The highest BCUT2D eigenvalue weighted by Gasteiger charge is 2.13. The maximum absolute atomic E-state index is 11.1. The van der Waals surface area contributed by atoms with E-state index in [-0.39, 0.29) is 28.3 Å². The number of imidazole rings is 1. The van der Waals surface area contributed by atoms with Gasteiger partial charge in [0.1, 0.15) is 0 Å². The molecule has 0 aliphatic rings. The molecule has 0 bridgehead atoms. The molecule has 0 radical (unpaired) electrons. The Bertz CT molecular complexity index is 365. The Hall–Kier alpha value is -0.450. The Morgan fingerprint density at radius 3 is 2.60 bits per heavy atom. The molecule has 1 aromatic rings. The van der Waals surface area contributed by atoms with E-state index in [1.54, 1.807) is 0 Å². The maximum Gasteiger partial charge on any atom is 0.307 e. The second kappa shape index (κ2) is 5.58. The molecule has 1 aromatic heterocycles. The topological polar surface area (TPSA) is 44.1 Å². The number of aromatic nitrogens is 2. The highest BCUT2D eigenvalue weighted by Crippen LogP contribution is 2.25. The van der Waals surface area contributed by atoms with E-state index in [2.05, 4.69) is 4.98 Å². The Morgan fingerprint density at radius 2 is 2.13 bits per heavy atom. The van der Waals surface area contributed by atoms with E-state index in [0.29, 0.717) is 6.42 Å². The number of nitrogens with zero attached hydrogens (tertiary/aromatic N) is 2. The van der Waals surface area contributed by atoms with Crippen LogP contribution in [0.25, 0.3) is 0 Å². The number of carbonyl (C=O) groups is 1. The smallest absolute Gasteiger partial charge is 0.307 e. The molecule has 0 fully saturated rings. The van der Waals surface area contributed by atoms with Crippen LogP contribution in [-0.4, -0.2) is 15.5 Å². The SMILES string of the molecule is CCCC(=O)OCn1c(Cl)nc(Cl)c1Cl. The average molecular weight is 272 g/mol. The summed E-state index contributed by atoms with van der Waals surface area (Å²) in [5.74, 6) is -0.311. The monoisotopic (exact) mass is 270 g/mol. The van der Waals surface area contributed by atoms with Gasteiger partial charge in [-0.25, -0.2) is 4.98 Å². The first-order valence-electron chi connectivity index (χ1n) is 4.29. The molecular formula is C8H9Cl3N2O2.